The predicted molar refractivity (Wildman–Crippen MR) is 91.4 cm³/mol. The third kappa shape index (κ3) is 3.46. The lowest BCUT2D eigenvalue weighted by molar-refractivity contribution is 0.0467. The van der Waals surface area contributed by atoms with E-state index < -0.39 is 5.97 Å². The van der Waals surface area contributed by atoms with Gasteiger partial charge in [0.1, 0.15) is 12.3 Å². The highest BCUT2D eigenvalue weighted by atomic mass is 35.5. The van der Waals surface area contributed by atoms with Crippen LogP contribution in [0.1, 0.15) is 28.5 Å². The molecule has 0 aliphatic rings. The van der Waals surface area contributed by atoms with Gasteiger partial charge in [-0.05, 0) is 36.2 Å². The van der Waals surface area contributed by atoms with Crippen LogP contribution in [0.4, 0.5) is 0 Å². The van der Waals surface area contributed by atoms with Crippen LogP contribution in [-0.4, -0.2) is 15.4 Å². The van der Waals surface area contributed by atoms with E-state index in [-0.39, 0.29) is 12.2 Å². The summed E-state index contributed by atoms with van der Waals surface area (Å²) >= 11 is 5.87. The van der Waals surface area contributed by atoms with Crippen molar-refractivity contribution in [2.24, 2.45) is 0 Å². The van der Waals surface area contributed by atoms with E-state index in [9.17, 15) is 9.59 Å². The summed E-state index contributed by atoms with van der Waals surface area (Å²) in [6, 6.07) is 11.9. The summed E-state index contributed by atoms with van der Waals surface area (Å²) < 4.78 is 6.58. The first-order valence-electron chi connectivity index (χ1n) is 7.50. The van der Waals surface area contributed by atoms with Crippen molar-refractivity contribution >= 4 is 23.2 Å². The molecule has 0 N–H and O–H groups in total. The Bertz CT molecular complexity index is 949. The molecule has 3 rings (SSSR count). The van der Waals surface area contributed by atoms with Gasteiger partial charge >= 0.3 is 5.97 Å². The van der Waals surface area contributed by atoms with Gasteiger partial charge in [0.05, 0.1) is 16.3 Å². The molecule has 3 aromatic rings. The fraction of sp³-hybridized carbons (Fsp3) is 0.167. The van der Waals surface area contributed by atoms with Crippen LogP contribution in [0.2, 0.25) is 5.02 Å². The van der Waals surface area contributed by atoms with E-state index in [4.69, 9.17) is 16.3 Å². The molecule has 2 heterocycles. The van der Waals surface area contributed by atoms with Crippen LogP contribution in [0.15, 0.2) is 53.5 Å². The third-order valence-corrected chi connectivity index (χ3v) is 3.85. The zero-order valence-corrected chi connectivity index (χ0v) is 13.8. The highest BCUT2D eigenvalue weighted by molar-refractivity contribution is 6.30. The van der Waals surface area contributed by atoms with Crippen molar-refractivity contribution in [2.75, 3.05) is 0 Å². The number of aryl methyl sites for hydroxylation is 1. The molecule has 0 unspecified atom stereocenters. The Balaban J connectivity index is 1.76. The van der Waals surface area contributed by atoms with Gasteiger partial charge in [0.25, 0.3) is 5.56 Å². The van der Waals surface area contributed by atoms with E-state index in [1.165, 1.54) is 16.7 Å². The number of pyridine rings is 1. The molecular formula is C18H15ClN2O3. The van der Waals surface area contributed by atoms with E-state index >= 15 is 0 Å². The van der Waals surface area contributed by atoms with Crippen LogP contribution in [0.25, 0.3) is 5.65 Å². The van der Waals surface area contributed by atoms with Crippen LogP contribution in [-0.2, 0) is 17.8 Å². The standard InChI is InChI=1S/C18H15ClN2O3/c1-2-12-3-5-13(6-4-12)18(23)24-11-15-9-17(22)21-10-14(19)7-8-16(21)20-15/h3-10H,2,11H2,1H3. The second kappa shape index (κ2) is 6.84. The van der Waals surface area contributed by atoms with Gasteiger partial charge < -0.3 is 4.74 Å². The Morgan fingerprint density at radius 3 is 2.67 bits per heavy atom. The first kappa shape index (κ1) is 16.2. The van der Waals surface area contributed by atoms with E-state index in [0.717, 1.165) is 12.0 Å². The molecule has 0 aliphatic carbocycles. The third-order valence-electron chi connectivity index (χ3n) is 3.63. The Labute approximate surface area is 143 Å². The second-order valence-electron chi connectivity index (χ2n) is 5.29. The van der Waals surface area contributed by atoms with Gasteiger partial charge in [-0.25, -0.2) is 9.78 Å². The summed E-state index contributed by atoms with van der Waals surface area (Å²) in [4.78, 5) is 28.4. The minimum Gasteiger partial charge on any atom is -0.456 e. The smallest absolute Gasteiger partial charge is 0.338 e. The molecular weight excluding hydrogens is 328 g/mol. The van der Waals surface area contributed by atoms with Crippen LogP contribution in [0.3, 0.4) is 0 Å². The number of hydrogen-bond acceptors (Lipinski definition) is 4. The van der Waals surface area contributed by atoms with Gasteiger partial charge in [-0.1, -0.05) is 30.7 Å². The van der Waals surface area contributed by atoms with Gasteiger partial charge in [-0.15, -0.1) is 0 Å². The van der Waals surface area contributed by atoms with Crippen LogP contribution in [0.5, 0.6) is 0 Å². The van der Waals surface area contributed by atoms with Crippen LogP contribution < -0.4 is 5.56 Å². The summed E-state index contributed by atoms with van der Waals surface area (Å²) in [5.74, 6) is -0.448. The average Bonchev–Trinajstić information content (AvgIpc) is 2.60. The van der Waals surface area contributed by atoms with Crippen molar-refractivity contribution in [1.29, 1.82) is 0 Å². The number of ether oxygens (including phenoxy) is 1. The molecule has 0 aliphatic heterocycles. The molecule has 122 valence electrons. The molecule has 0 spiro atoms. The Morgan fingerprint density at radius 2 is 1.96 bits per heavy atom. The lowest BCUT2D eigenvalue weighted by Crippen LogP contribution is -2.16. The summed E-state index contributed by atoms with van der Waals surface area (Å²) in [6.45, 7) is 1.98. The Hall–Kier alpha value is -2.66. The minimum atomic E-state index is -0.448. The van der Waals surface area contributed by atoms with Crippen molar-refractivity contribution in [2.45, 2.75) is 20.0 Å². The number of nitrogens with zero attached hydrogens (tertiary/aromatic N) is 2. The lowest BCUT2D eigenvalue weighted by atomic mass is 10.1. The molecule has 0 radical (unpaired) electrons. The zero-order chi connectivity index (χ0) is 17.1. The van der Waals surface area contributed by atoms with Gasteiger partial charge in [0.2, 0.25) is 0 Å². The predicted octanol–water partition coefficient (Wildman–Crippen LogP) is 3.27. The van der Waals surface area contributed by atoms with Crippen molar-refractivity contribution in [1.82, 2.24) is 9.38 Å². The molecule has 0 atom stereocenters. The highest BCUT2D eigenvalue weighted by Crippen LogP contribution is 2.10. The molecule has 0 fully saturated rings. The van der Waals surface area contributed by atoms with Gasteiger partial charge in [-0.2, -0.15) is 0 Å². The Morgan fingerprint density at radius 1 is 1.21 bits per heavy atom. The van der Waals surface area contributed by atoms with E-state index in [0.29, 0.717) is 21.9 Å². The number of benzene rings is 1. The lowest BCUT2D eigenvalue weighted by Gasteiger charge is -2.07. The van der Waals surface area contributed by atoms with Crippen molar-refractivity contribution < 1.29 is 9.53 Å². The first-order valence-corrected chi connectivity index (χ1v) is 7.88. The maximum atomic E-state index is 12.1. The fourth-order valence-electron chi connectivity index (χ4n) is 2.30. The van der Waals surface area contributed by atoms with Crippen molar-refractivity contribution in [3.8, 4) is 0 Å². The van der Waals surface area contributed by atoms with Crippen LogP contribution >= 0.6 is 11.6 Å². The second-order valence-corrected chi connectivity index (χ2v) is 5.72. The normalized spacial score (nSPS) is 10.8. The van der Waals surface area contributed by atoms with Gasteiger partial charge in [0, 0.05) is 12.3 Å². The molecule has 24 heavy (non-hydrogen) atoms. The quantitative estimate of drug-likeness (QED) is 0.683. The largest absolute Gasteiger partial charge is 0.456 e. The Kier molecular flexibility index (Phi) is 4.62. The highest BCUT2D eigenvalue weighted by Gasteiger charge is 2.09. The maximum Gasteiger partial charge on any atom is 0.338 e. The van der Waals surface area contributed by atoms with Crippen molar-refractivity contribution in [3.63, 3.8) is 0 Å². The number of rotatable bonds is 4. The molecule has 0 saturated heterocycles. The first-order chi connectivity index (χ1) is 11.6. The van der Waals surface area contributed by atoms with Crippen molar-refractivity contribution in [3.05, 3.63) is 80.9 Å². The van der Waals surface area contributed by atoms with E-state index in [1.807, 2.05) is 19.1 Å². The summed E-state index contributed by atoms with van der Waals surface area (Å²) in [5, 5.41) is 0.445. The summed E-state index contributed by atoms with van der Waals surface area (Å²) in [7, 11) is 0. The molecule has 0 bridgehead atoms. The van der Waals surface area contributed by atoms with Gasteiger partial charge in [-0.3, -0.25) is 9.20 Å². The summed E-state index contributed by atoms with van der Waals surface area (Å²) in [6.07, 6.45) is 2.40. The molecule has 2 aromatic heterocycles. The maximum absolute atomic E-state index is 12.1. The SMILES string of the molecule is CCc1ccc(C(=O)OCc2cc(=O)n3cc(Cl)ccc3n2)cc1. The summed E-state index contributed by atoms with van der Waals surface area (Å²) in [5.41, 5.74) is 2.18. The number of esters is 1. The minimum absolute atomic E-state index is 0.0667. The monoisotopic (exact) mass is 342 g/mol. The molecule has 0 amide bonds. The average molecular weight is 343 g/mol. The number of carbonyl (C=O) groups excluding carboxylic acids is 1. The number of fused-ring (bicyclic) bond motifs is 1. The van der Waals surface area contributed by atoms with Gasteiger partial charge in [0.15, 0.2) is 0 Å². The number of hydrogen-bond donors (Lipinski definition) is 0. The molecule has 6 heteroatoms. The molecule has 1 aromatic carbocycles. The number of aromatic nitrogens is 2. The molecule has 5 nitrogen and oxygen atoms in total. The number of halogens is 1. The fourth-order valence-corrected chi connectivity index (χ4v) is 2.46. The van der Waals surface area contributed by atoms with Crippen LogP contribution in [0, 0.1) is 0 Å². The number of carbonyl (C=O) groups is 1. The molecule has 0 saturated carbocycles. The topological polar surface area (TPSA) is 60.7 Å². The van der Waals surface area contributed by atoms with E-state index in [2.05, 4.69) is 4.98 Å². The van der Waals surface area contributed by atoms with E-state index in [1.54, 1.807) is 24.3 Å². The zero-order valence-electron chi connectivity index (χ0n) is 13.0.